The van der Waals surface area contributed by atoms with Crippen molar-refractivity contribution in [3.63, 3.8) is 0 Å². The van der Waals surface area contributed by atoms with Crippen molar-refractivity contribution >= 4 is 23.5 Å². The Morgan fingerprint density at radius 2 is 2.07 bits per heavy atom. The number of hydrogen-bond acceptors (Lipinski definition) is 3. The molecule has 2 aliphatic rings. The van der Waals surface area contributed by atoms with E-state index < -0.39 is 11.8 Å². The van der Waals surface area contributed by atoms with Crippen LogP contribution in [0.5, 0.6) is 0 Å². The summed E-state index contributed by atoms with van der Waals surface area (Å²) in [7, 11) is 0. The molecule has 1 aromatic carbocycles. The third-order valence-electron chi connectivity index (χ3n) is 5.60. The Bertz CT molecular complexity index is 770. The molecular weight excluding hydrogens is 375 g/mol. The van der Waals surface area contributed by atoms with Gasteiger partial charge in [0, 0.05) is 44.3 Å². The highest BCUT2D eigenvalue weighted by Crippen LogP contribution is 2.25. The predicted octanol–water partition coefficient (Wildman–Crippen LogP) is 2.44. The van der Waals surface area contributed by atoms with E-state index in [1.54, 1.807) is 11.0 Å². The third kappa shape index (κ3) is 5.46. The number of carbonyl (C=O) groups is 3. The van der Waals surface area contributed by atoms with Crippen molar-refractivity contribution in [3.05, 3.63) is 30.1 Å². The first-order valence-corrected chi connectivity index (χ1v) is 10.2. The van der Waals surface area contributed by atoms with E-state index in [1.165, 1.54) is 18.2 Å². The average Bonchev–Trinajstić information content (AvgIpc) is 3.08. The normalized spacial score (nSPS) is 22.1. The molecule has 2 N–H and O–H groups in total. The fourth-order valence-electron chi connectivity index (χ4n) is 4.06. The molecule has 2 unspecified atom stereocenters. The van der Waals surface area contributed by atoms with Gasteiger partial charge in [-0.1, -0.05) is 6.07 Å². The molecule has 0 saturated carbocycles. The summed E-state index contributed by atoms with van der Waals surface area (Å²) in [6.07, 6.45) is 2.08. The molecule has 2 saturated heterocycles. The van der Waals surface area contributed by atoms with Gasteiger partial charge in [0.2, 0.25) is 11.8 Å². The second-order valence-electron chi connectivity index (χ2n) is 8.18. The van der Waals surface area contributed by atoms with Crippen LogP contribution in [0.3, 0.4) is 0 Å². The van der Waals surface area contributed by atoms with Gasteiger partial charge in [-0.3, -0.25) is 9.59 Å². The molecule has 0 spiro atoms. The standard InChI is InChI=1S/C21H29FN4O3/c1-14(2)26-13-16(9-19(26)27)20(28)25-8-4-5-15(12-25)11-23-21(29)24-18-7-3-6-17(22)10-18/h3,6-7,10,14-16H,4-5,8-9,11-13H2,1-2H3,(H2,23,24,29). The summed E-state index contributed by atoms with van der Waals surface area (Å²) in [5, 5.41) is 5.41. The van der Waals surface area contributed by atoms with Crippen molar-refractivity contribution in [2.24, 2.45) is 11.8 Å². The third-order valence-corrected chi connectivity index (χ3v) is 5.60. The van der Waals surface area contributed by atoms with E-state index in [9.17, 15) is 18.8 Å². The van der Waals surface area contributed by atoms with Crippen LogP contribution in [0.25, 0.3) is 0 Å². The van der Waals surface area contributed by atoms with Crippen LogP contribution in [0.1, 0.15) is 33.1 Å². The summed E-state index contributed by atoms with van der Waals surface area (Å²) >= 11 is 0. The van der Waals surface area contributed by atoms with Crippen LogP contribution >= 0.6 is 0 Å². The summed E-state index contributed by atoms with van der Waals surface area (Å²) in [5.41, 5.74) is 0.392. The lowest BCUT2D eigenvalue weighted by Crippen LogP contribution is -2.46. The van der Waals surface area contributed by atoms with E-state index >= 15 is 0 Å². The number of nitrogens with one attached hydrogen (secondary N) is 2. The van der Waals surface area contributed by atoms with Crippen molar-refractivity contribution in [3.8, 4) is 0 Å². The van der Waals surface area contributed by atoms with Gasteiger partial charge in [0.15, 0.2) is 0 Å². The fourth-order valence-corrected chi connectivity index (χ4v) is 4.06. The van der Waals surface area contributed by atoms with E-state index in [-0.39, 0.29) is 36.1 Å². The van der Waals surface area contributed by atoms with Gasteiger partial charge in [0.25, 0.3) is 0 Å². The summed E-state index contributed by atoms with van der Waals surface area (Å²) in [5.74, 6) is -0.444. The molecule has 8 heteroatoms. The zero-order chi connectivity index (χ0) is 21.0. The number of benzene rings is 1. The van der Waals surface area contributed by atoms with Crippen LogP contribution in [0.2, 0.25) is 0 Å². The van der Waals surface area contributed by atoms with Crippen LogP contribution in [0, 0.1) is 17.7 Å². The zero-order valence-electron chi connectivity index (χ0n) is 17.0. The van der Waals surface area contributed by atoms with E-state index in [0.717, 1.165) is 12.8 Å². The Kier molecular flexibility index (Phi) is 6.71. The number of rotatable bonds is 5. The lowest BCUT2D eigenvalue weighted by Gasteiger charge is -2.34. The summed E-state index contributed by atoms with van der Waals surface area (Å²) in [6, 6.07) is 5.43. The highest BCUT2D eigenvalue weighted by Gasteiger charge is 2.38. The monoisotopic (exact) mass is 404 g/mol. The second kappa shape index (κ2) is 9.24. The van der Waals surface area contributed by atoms with Crippen LogP contribution < -0.4 is 10.6 Å². The minimum atomic E-state index is -0.411. The first kappa shape index (κ1) is 21.1. The largest absolute Gasteiger partial charge is 0.342 e. The number of urea groups is 1. The van der Waals surface area contributed by atoms with Gasteiger partial charge < -0.3 is 20.4 Å². The van der Waals surface area contributed by atoms with E-state index in [0.29, 0.717) is 31.9 Å². The molecule has 2 fully saturated rings. The topological polar surface area (TPSA) is 81.8 Å². The Morgan fingerprint density at radius 1 is 1.28 bits per heavy atom. The summed E-state index contributed by atoms with van der Waals surface area (Å²) in [4.78, 5) is 40.6. The molecular formula is C21H29FN4O3. The minimum Gasteiger partial charge on any atom is -0.342 e. The number of likely N-dealkylation sites (tertiary alicyclic amines) is 2. The number of carbonyl (C=O) groups excluding carboxylic acids is 3. The maximum Gasteiger partial charge on any atom is 0.319 e. The molecule has 2 atom stereocenters. The Hall–Kier alpha value is -2.64. The predicted molar refractivity (Wildman–Crippen MR) is 108 cm³/mol. The quantitative estimate of drug-likeness (QED) is 0.791. The number of hydrogen-bond donors (Lipinski definition) is 2. The van der Waals surface area contributed by atoms with Crippen molar-refractivity contribution in [2.75, 3.05) is 31.5 Å². The smallest absolute Gasteiger partial charge is 0.319 e. The molecule has 158 valence electrons. The van der Waals surface area contributed by atoms with Gasteiger partial charge in [0.1, 0.15) is 5.82 Å². The number of halogens is 1. The van der Waals surface area contributed by atoms with Crippen LogP contribution in [0.15, 0.2) is 24.3 Å². The van der Waals surface area contributed by atoms with Crippen molar-refractivity contribution < 1.29 is 18.8 Å². The van der Waals surface area contributed by atoms with Crippen LogP contribution in [-0.2, 0) is 9.59 Å². The Labute approximate surface area is 170 Å². The van der Waals surface area contributed by atoms with Crippen LogP contribution in [0.4, 0.5) is 14.9 Å². The molecule has 29 heavy (non-hydrogen) atoms. The van der Waals surface area contributed by atoms with Crippen LogP contribution in [-0.4, -0.2) is 59.9 Å². The lowest BCUT2D eigenvalue weighted by atomic mass is 9.96. The molecule has 0 bridgehead atoms. The van der Waals surface area contributed by atoms with E-state index in [4.69, 9.17) is 0 Å². The van der Waals surface area contributed by atoms with Crippen molar-refractivity contribution in [1.29, 1.82) is 0 Å². The van der Waals surface area contributed by atoms with Gasteiger partial charge in [-0.25, -0.2) is 9.18 Å². The van der Waals surface area contributed by atoms with Gasteiger partial charge in [-0.2, -0.15) is 0 Å². The first-order valence-electron chi connectivity index (χ1n) is 10.2. The van der Waals surface area contributed by atoms with Gasteiger partial charge >= 0.3 is 6.03 Å². The first-order chi connectivity index (χ1) is 13.8. The SMILES string of the molecule is CC(C)N1CC(C(=O)N2CCCC(CNC(=O)Nc3cccc(F)c3)C2)CC1=O. The molecule has 2 heterocycles. The summed E-state index contributed by atoms with van der Waals surface area (Å²) in [6.45, 7) is 6.12. The number of piperidine rings is 1. The zero-order valence-corrected chi connectivity index (χ0v) is 17.0. The molecule has 0 aromatic heterocycles. The Morgan fingerprint density at radius 3 is 2.76 bits per heavy atom. The summed E-state index contributed by atoms with van der Waals surface area (Å²) < 4.78 is 13.2. The van der Waals surface area contributed by atoms with Crippen molar-refractivity contribution in [2.45, 2.75) is 39.2 Å². The fraction of sp³-hybridized carbons (Fsp3) is 0.571. The second-order valence-corrected chi connectivity index (χ2v) is 8.18. The lowest BCUT2D eigenvalue weighted by molar-refractivity contribution is -0.137. The molecule has 0 aliphatic carbocycles. The maximum absolute atomic E-state index is 13.2. The maximum atomic E-state index is 13.2. The molecule has 7 nitrogen and oxygen atoms in total. The van der Waals surface area contributed by atoms with E-state index in [2.05, 4.69) is 10.6 Å². The average molecular weight is 404 g/mol. The van der Waals surface area contributed by atoms with Crippen molar-refractivity contribution in [1.82, 2.24) is 15.1 Å². The van der Waals surface area contributed by atoms with Gasteiger partial charge in [0.05, 0.1) is 5.92 Å². The van der Waals surface area contributed by atoms with Gasteiger partial charge in [-0.15, -0.1) is 0 Å². The van der Waals surface area contributed by atoms with Gasteiger partial charge in [-0.05, 0) is 50.8 Å². The molecule has 3 rings (SSSR count). The number of nitrogens with zero attached hydrogens (tertiary/aromatic N) is 2. The minimum absolute atomic E-state index is 0.0374. The molecule has 4 amide bonds. The van der Waals surface area contributed by atoms with E-state index in [1.807, 2.05) is 18.7 Å². The molecule has 1 aromatic rings. The molecule has 0 radical (unpaired) electrons. The highest BCUT2D eigenvalue weighted by molar-refractivity contribution is 5.90. The molecule has 2 aliphatic heterocycles. The Balaban J connectivity index is 1.47. The number of anilines is 1. The highest BCUT2D eigenvalue weighted by atomic mass is 19.1. The number of amides is 4.